The van der Waals surface area contributed by atoms with E-state index in [0.29, 0.717) is 29.9 Å². The van der Waals surface area contributed by atoms with Gasteiger partial charge in [-0.3, -0.25) is 14.6 Å². The van der Waals surface area contributed by atoms with Gasteiger partial charge in [0.05, 0.1) is 12.1 Å². The van der Waals surface area contributed by atoms with Crippen LogP contribution in [0, 0.1) is 29.6 Å². The van der Waals surface area contributed by atoms with E-state index < -0.39 is 11.6 Å². The first-order chi connectivity index (χ1) is 16.0. The Balaban J connectivity index is 0.961. The van der Waals surface area contributed by atoms with Crippen molar-refractivity contribution in [2.24, 2.45) is 29.6 Å². The number of amides is 2. The van der Waals surface area contributed by atoms with Gasteiger partial charge in [-0.05, 0) is 74.8 Å². The quantitative estimate of drug-likeness (QED) is 0.663. The molecule has 6 aliphatic rings. The molecule has 1 aromatic rings. The summed E-state index contributed by atoms with van der Waals surface area (Å²) in [7, 11) is 0. The first-order valence-corrected chi connectivity index (χ1v) is 12.6. The monoisotopic (exact) mass is 455 g/mol. The zero-order valence-corrected chi connectivity index (χ0v) is 19.0. The van der Waals surface area contributed by atoms with E-state index in [4.69, 9.17) is 14.5 Å². The van der Waals surface area contributed by atoms with Gasteiger partial charge in [0.15, 0.2) is 0 Å². The van der Waals surface area contributed by atoms with Gasteiger partial charge in [-0.15, -0.1) is 0 Å². The molecule has 2 N–H and O–H groups in total. The van der Waals surface area contributed by atoms with Gasteiger partial charge in [0.25, 0.3) is 5.91 Å². The highest BCUT2D eigenvalue weighted by molar-refractivity contribution is 5.96. The maximum atomic E-state index is 12.2. The number of hydrogen-bond donors (Lipinski definition) is 2. The van der Waals surface area contributed by atoms with Crippen LogP contribution in [0.25, 0.3) is 0 Å². The smallest absolute Gasteiger partial charge is 0.253 e. The summed E-state index contributed by atoms with van der Waals surface area (Å²) in [5, 5.41) is 5.59. The van der Waals surface area contributed by atoms with Gasteiger partial charge in [-0.1, -0.05) is 0 Å². The molecule has 2 spiro atoms. The van der Waals surface area contributed by atoms with E-state index in [0.717, 1.165) is 37.5 Å². The molecule has 6 fully saturated rings. The van der Waals surface area contributed by atoms with E-state index >= 15 is 0 Å². The highest BCUT2D eigenvalue weighted by Crippen LogP contribution is 2.63. The Bertz CT molecular complexity index is 871. The standard InChI is InChI=1S/C25H33N3O5/c29-22(15-28-23(30)19-2-1-7-26-14-19)27-13-16-3-5-24(6-4-16)31-25(33-32-24)20-9-17-8-18(11-20)12-21(25)10-17/h1-2,7,14,16-18,20-21H,3-6,8-13,15H2,(H,27,29)(H,28,30). The van der Waals surface area contributed by atoms with Crippen LogP contribution in [0.1, 0.15) is 68.1 Å². The van der Waals surface area contributed by atoms with Crippen LogP contribution in [0.3, 0.4) is 0 Å². The summed E-state index contributed by atoms with van der Waals surface area (Å²) < 4.78 is 6.75. The molecule has 0 unspecified atom stereocenters. The molecule has 7 rings (SSSR count). The Hall–Kier alpha value is -2.03. The molecular weight excluding hydrogens is 422 g/mol. The number of pyridine rings is 1. The highest BCUT2D eigenvalue weighted by Gasteiger charge is 2.66. The van der Waals surface area contributed by atoms with Gasteiger partial charge >= 0.3 is 0 Å². The molecule has 1 aromatic heterocycles. The van der Waals surface area contributed by atoms with Crippen molar-refractivity contribution in [1.82, 2.24) is 15.6 Å². The zero-order chi connectivity index (χ0) is 22.5. The minimum Gasteiger partial charge on any atom is -0.354 e. The SMILES string of the molecule is O=C(CNC(=O)c1cccnc1)NCC1CCC2(CC1)OOC1(O2)C2CC3CC(C2)CC1C3. The summed E-state index contributed by atoms with van der Waals surface area (Å²) in [4.78, 5) is 40.3. The lowest BCUT2D eigenvalue weighted by Crippen LogP contribution is -2.59. The van der Waals surface area contributed by atoms with E-state index in [1.807, 2.05) is 0 Å². The van der Waals surface area contributed by atoms with Gasteiger partial charge in [-0.2, -0.15) is 9.78 Å². The molecule has 178 valence electrons. The lowest BCUT2D eigenvalue weighted by Gasteiger charge is -2.57. The number of aromatic nitrogens is 1. The molecule has 1 aliphatic heterocycles. The maximum Gasteiger partial charge on any atom is 0.253 e. The van der Waals surface area contributed by atoms with Gasteiger partial charge in [0.1, 0.15) is 0 Å². The Labute approximate surface area is 194 Å². The summed E-state index contributed by atoms with van der Waals surface area (Å²) >= 11 is 0. The Morgan fingerprint density at radius 3 is 2.39 bits per heavy atom. The molecule has 0 radical (unpaired) electrons. The Kier molecular flexibility index (Phi) is 5.42. The number of nitrogens with one attached hydrogen (secondary N) is 2. The molecule has 5 saturated carbocycles. The van der Waals surface area contributed by atoms with Crippen LogP contribution < -0.4 is 10.6 Å². The third-order valence-electron chi connectivity index (χ3n) is 8.73. The van der Waals surface area contributed by atoms with E-state index in [2.05, 4.69) is 15.6 Å². The van der Waals surface area contributed by atoms with Crippen LogP contribution in [-0.4, -0.2) is 41.5 Å². The number of rotatable bonds is 5. The number of hydrogen-bond acceptors (Lipinski definition) is 6. The molecule has 2 heterocycles. The van der Waals surface area contributed by atoms with Gasteiger partial charge < -0.3 is 15.4 Å². The molecule has 5 aliphatic carbocycles. The second-order valence-corrected chi connectivity index (χ2v) is 10.9. The predicted octanol–water partition coefficient (Wildman–Crippen LogP) is 2.94. The van der Waals surface area contributed by atoms with Gasteiger partial charge in [0.2, 0.25) is 17.5 Å². The van der Waals surface area contributed by atoms with E-state index in [1.54, 1.807) is 18.3 Å². The summed E-state index contributed by atoms with van der Waals surface area (Å²) in [5.74, 6) is 1.43. The van der Waals surface area contributed by atoms with Crippen LogP contribution in [0.2, 0.25) is 0 Å². The molecule has 0 aromatic carbocycles. The van der Waals surface area contributed by atoms with E-state index in [-0.39, 0.29) is 18.4 Å². The third-order valence-corrected chi connectivity index (χ3v) is 8.73. The number of nitrogens with zero attached hydrogens (tertiary/aromatic N) is 1. The predicted molar refractivity (Wildman–Crippen MR) is 117 cm³/mol. The molecule has 1 saturated heterocycles. The van der Waals surface area contributed by atoms with Crippen LogP contribution >= 0.6 is 0 Å². The van der Waals surface area contributed by atoms with Crippen LogP contribution in [-0.2, 0) is 19.3 Å². The molecular formula is C25H33N3O5. The lowest BCUT2D eigenvalue weighted by molar-refractivity contribution is -0.390. The largest absolute Gasteiger partial charge is 0.354 e. The van der Waals surface area contributed by atoms with Crippen molar-refractivity contribution >= 4 is 11.8 Å². The molecule has 4 bridgehead atoms. The van der Waals surface area contributed by atoms with Crippen LogP contribution in [0.5, 0.6) is 0 Å². The van der Waals surface area contributed by atoms with Crippen molar-refractivity contribution in [3.8, 4) is 0 Å². The second-order valence-electron chi connectivity index (χ2n) is 10.9. The van der Waals surface area contributed by atoms with E-state index in [9.17, 15) is 9.59 Å². The van der Waals surface area contributed by atoms with Crippen molar-refractivity contribution in [3.05, 3.63) is 30.1 Å². The van der Waals surface area contributed by atoms with Crippen molar-refractivity contribution in [1.29, 1.82) is 0 Å². The van der Waals surface area contributed by atoms with Crippen molar-refractivity contribution in [2.75, 3.05) is 13.1 Å². The third kappa shape index (κ3) is 3.96. The zero-order valence-electron chi connectivity index (χ0n) is 19.0. The maximum absolute atomic E-state index is 12.2. The fourth-order valence-corrected chi connectivity index (χ4v) is 7.20. The van der Waals surface area contributed by atoms with Crippen molar-refractivity contribution in [2.45, 2.75) is 69.4 Å². The van der Waals surface area contributed by atoms with Crippen molar-refractivity contribution in [3.63, 3.8) is 0 Å². The number of carbonyl (C=O) groups excluding carboxylic acids is 2. The summed E-state index contributed by atoms with van der Waals surface area (Å²) in [6, 6.07) is 3.36. The minimum atomic E-state index is -0.617. The Morgan fingerprint density at radius 1 is 1.00 bits per heavy atom. The highest BCUT2D eigenvalue weighted by atomic mass is 17.3. The topological polar surface area (TPSA) is 98.8 Å². The van der Waals surface area contributed by atoms with Crippen LogP contribution in [0.4, 0.5) is 0 Å². The minimum absolute atomic E-state index is 0.0439. The van der Waals surface area contributed by atoms with Gasteiger partial charge in [0, 0.05) is 43.6 Å². The lowest BCUT2D eigenvalue weighted by atomic mass is 9.53. The molecule has 8 heteroatoms. The normalized spacial score (nSPS) is 40.9. The van der Waals surface area contributed by atoms with Crippen molar-refractivity contribution < 1.29 is 24.1 Å². The first-order valence-electron chi connectivity index (χ1n) is 12.6. The fourth-order valence-electron chi connectivity index (χ4n) is 7.20. The fraction of sp³-hybridized carbons (Fsp3) is 0.720. The molecule has 0 atom stereocenters. The summed E-state index contributed by atoms with van der Waals surface area (Å²) in [6.07, 6.45) is 12.8. The molecule has 33 heavy (non-hydrogen) atoms. The molecule has 8 nitrogen and oxygen atoms in total. The number of carbonyl (C=O) groups is 2. The average Bonchev–Trinajstić information content (AvgIpc) is 3.21. The summed E-state index contributed by atoms with van der Waals surface area (Å²) in [5.41, 5.74) is 0.443. The number of ether oxygens (including phenoxy) is 1. The van der Waals surface area contributed by atoms with E-state index in [1.165, 1.54) is 38.3 Å². The second kappa shape index (κ2) is 8.32. The van der Waals surface area contributed by atoms with Crippen LogP contribution in [0.15, 0.2) is 24.5 Å². The summed E-state index contributed by atoms with van der Waals surface area (Å²) in [6.45, 7) is 0.552. The van der Waals surface area contributed by atoms with Gasteiger partial charge in [-0.25, -0.2) is 0 Å². The Morgan fingerprint density at radius 2 is 1.73 bits per heavy atom. The molecule has 2 amide bonds. The average molecular weight is 456 g/mol. The first kappa shape index (κ1) is 21.5.